The van der Waals surface area contributed by atoms with Gasteiger partial charge in [0.25, 0.3) is 0 Å². The van der Waals surface area contributed by atoms with E-state index >= 15 is 0 Å². The first-order valence-corrected chi connectivity index (χ1v) is 4.90. The first-order chi connectivity index (χ1) is 8.60. The lowest BCUT2D eigenvalue weighted by Crippen LogP contribution is -2.14. The molecule has 0 spiro atoms. The van der Waals surface area contributed by atoms with E-state index in [-0.39, 0.29) is 6.07 Å². The molecule has 2 nitrogen and oxygen atoms in total. The second-order valence-electron chi connectivity index (χ2n) is 3.78. The number of rotatable bonds is 0. The van der Waals surface area contributed by atoms with Crippen molar-refractivity contribution in [2.45, 2.75) is 12.4 Å². The lowest BCUT2D eigenvalue weighted by molar-refractivity contribution is -0.142. The number of nitrogens with one attached hydrogen (secondary N) is 1. The van der Waals surface area contributed by atoms with Gasteiger partial charge in [0.15, 0.2) is 5.43 Å². The number of alkyl halides is 6. The summed E-state index contributed by atoms with van der Waals surface area (Å²) in [5, 5.41) is -0.648. The number of hydrogen-bond donors (Lipinski definition) is 1. The maximum atomic E-state index is 12.7. The number of pyridine rings is 1. The Morgan fingerprint density at radius 1 is 0.947 bits per heavy atom. The van der Waals surface area contributed by atoms with Crippen LogP contribution in [0.15, 0.2) is 29.2 Å². The zero-order valence-electron chi connectivity index (χ0n) is 8.99. The Morgan fingerprint density at radius 2 is 1.58 bits per heavy atom. The molecular formula is C11H5F6NO. The van der Waals surface area contributed by atoms with Crippen LogP contribution in [0.3, 0.4) is 0 Å². The van der Waals surface area contributed by atoms with Crippen LogP contribution >= 0.6 is 0 Å². The summed E-state index contributed by atoms with van der Waals surface area (Å²) in [6, 6.07) is 1.25. The zero-order valence-corrected chi connectivity index (χ0v) is 8.99. The van der Waals surface area contributed by atoms with Gasteiger partial charge in [-0.2, -0.15) is 26.3 Å². The minimum atomic E-state index is -5.00. The largest absolute Gasteiger partial charge is 0.418 e. The van der Waals surface area contributed by atoms with E-state index < -0.39 is 39.8 Å². The normalized spacial score (nSPS) is 12.9. The average Bonchev–Trinajstić information content (AvgIpc) is 2.25. The summed E-state index contributed by atoms with van der Waals surface area (Å²) in [6.45, 7) is 0. The summed E-state index contributed by atoms with van der Waals surface area (Å²) in [5.41, 5.74) is -4.60. The average molecular weight is 281 g/mol. The molecule has 0 unspecified atom stereocenters. The van der Waals surface area contributed by atoms with Gasteiger partial charge >= 0.3 is 12.4 Å². The van der Waals surface area contributed by atoms with Crippen LogP contribution in [0.4, 0.5) is 26.3 Å². The SMILES string of the molecule is O=c1cc[nH]c2c(C(F)(F)F)cc(C(F)(F)F)cc12. The molecule has 8 heteroatoms. The van der Waals surface area contributed by atoms with E-state index in [4.69, 9.17) is 0 Å². The van der Waals surface area contributed by atoms with Crippen molar-refractivity contribution in [2.24, 2.45) is 0 Å². The van der Waals surface area contributed by atoms with Gasteiger partial charge in [-0.3, -0.25) is 4.79 Å². The maximum Gasteiger partial charge on any atom is 0.418 e. The molecule has 0 bridgehead atoms. The zero-order chi connectivity index (χ0) is 14.4. The third-order valence-electron chi connectivity index (χ3n) is 2.50. The van der Waals surface area contributed by atoms with Crippen LogP contribution < -0.4 is 5.43 Å². The third kappa shape index (κ3) is 2.42. The molecule has 0 amide bonds. The highest BCUT2D eigenvalue weighted by Crippen LogP contribution is 2.38. The Balaban J connectivity index is 2.93. The molecule has 0 aliphatic rings. The monoisotopic (exact) mass is 281 g/mol. The van der Waals surface area contributed by atoms with Gasteiger partial charge in [0.1, 0.15) is 0 Å². The summed E-state index contributed by atoms with van der Waals surface area (Å²) in [7, 11) is 0. The second kappa shape index (κ2) is 4.01. The molecule has 1 aromatic carbocycles. The second-order valence-corrected chi connectivity index (χ2v) is 3.78. The molecule has 1 heterocycles. The summed E-state index contributed by atoms with van der Waals surface area (Å²) < 4.78 is 75.8. The molecule has 0 radical (unpaired) electrons. The summed E-state index contributed by atoms with van der Waals surface area (Å²) >= 11 is 0. The van der Waals surface area contributed by atoms with Gasteiger partial charge < -0.3 is 4.98 Å². The lowest BCUT2D eigenvalue weighted by Gasteiger charge is -2.14. The Hall–Kier alpha value is -1.99. The summed E-state index contributed by atoms with van der Waals surface area (Å²) in [4.78, 5) is 13.5. The van der Waals surface area contributed by atoms with E-state index in [9.17, 15) is 31.1 Å². The fourth-order valence-corrected chi connectivity index (χ4v) is 1.67. The number of benzene rings is 1. The topological polar surface area (TPSA) is 32.9 Å². The predicted octanol–water partition coefficient (Wildman–Crippen LogP) is 3.57. The number of H-pyrrole nitrogens is 1. The quantitative estimate of drug-likeness (QED) is 0.736. The van der Waals surface area contributed by atoms with Crippen LogP contribution in [0.25, 0.3) is 10.9 Å². The van der Waals surface area contributed by atoms with E-state index in [0.29, 0.717) is 6.07 Å². The van der Waals surface area contributed by atoms with Gasteiger partial charge in [-0.1, -0.05) is 0 Å². The highest BCUT2D eigenvalue weighted by Gasteiger charge is 2.38. The molecule has 0 atom stereocenters. The van der Waals surface area contributed by atoms with Crippen molar-refractivity contribution < 1.29 is 26.3 Å². The van der Waals surface area contributed by atoms with E-state index in [1.807, 2.05) is 0 Å². The highest BCUT2D eigenvalue weighted by atomic mass is 19.4. The fourth-order valence-electron chi connectivity index (χ4n) is 1.67. The van der Waals surface area contributed by atoms with Gasteiger partial charge in [-0.05, 0) is 12.1 Å². The van der Waals surface area contributed by atoms with E-state index in [1.54, 1.807) is 0 Å². The molecule has 1 N–H and O–H groups in total. The lowest BCUT2D eigenvalue weighted by atomic mass is 10.0. The maximum absolute atomic E-state index is 12.7. The highest BCUT2D eigenvalue weighted by molar-refractivity contribution is 5.83. The van der Waals surface area contributed by atoms with Crippen molar-refractivity contribution in [3.63, 3.8) is 0 Å². The fraction of sp³-hybridized carbons (Fsp3) is 0.182. The number of hydrogen-bond acceptors (Lipinski definition) is 1. The van der Waals surface area contributed by atoms with Crippen molar-refractivity contribution >= 4 is 10.9 Å². The van der Waals surface area contributed by atoms with Crippen LogP contribution in [-0.2, 0) is 12.4 Å². The summed E-state index contributed by atoms with van der Waals surface area (Å²) in [5.74, 6) is 0. The number of aromatic nitrogens is 1. The molecule has 1 aromatic heterocycles. The van der Waals surface area contributed by atoms with Crippen LogP contribution in [0.2, 0.25) is 0 Å². The molecule has 2 aromatic rings. The number of aromatic amines is 1. The van der Waals surface area contributed by atoms with Crippen LogP contribution in [-0.4, -0.2) is 4.98 Å². The molecule has 0 aliphatic carbocycles. The Kier molecular flexibility index (Phi) is 2.83. The van der Waals surface area contributed by atoms with Crippen LogP contribution in [0.1, 0.15) is 11.1 Å². The molecular weight excluding hydrogens is 276 g/mol. The van der Waals surface area contributed by atoms with E-state index in [2.05, 4.69) is 4.98 Å². The van der Waals surface area contributed by atoms with Crippen LogP contribution in [0.5, 0.6) is 0 Å². The standard InChI is InChI=1S/C11H5F6NO/c12-10(13,14)5-3-6-8(19)1-2-18-9(6)7(4-5)11(15,16)17/h1-4H,(H,18,19). The van der Waals surface area contributed by atoms with Crippen LogP contribution in [0, 0.1) is 0 Å². The first-order valence-electron chi connectivity index (χ1n) is 4.90. The van der Waals surface area contributed by atoms with Crippen molar-refractivity contribution in [3.05, 3.63) is 45.7 Å². The minimum absolute atomic E-state index is 0.0156. The Morgan fingerprint density at radius 3 is 2.11 bits per heavy atom. The smallest absolute Gasteiger partial charge is 0.360 e. The molecule has 0 saturated heterocycles. The minimum Gasteiger partial charge on any atom is -0.360 e. The first kappa shape index (κ1) is 13.4. The van der Waals surface area contributed by atoms with Gasteiger partial charge in [-0.25, -0.2) is 0 Å². The van der Waals surface area contributed by atoms with E-state index in [0.717, 1.165) is 12.3 Å². The van der Waals surface area contributed by atoms with Gasteiger partial charge in [-0.15, -0.1) is 0 Å². The molecule has 19 heavy (non-hydrogen) atoms. The van der Waals surface area contributed by atoms with Crippen molar-refractivity contribution in [2.75, 3.05) is 0 Å². The van der Waals surface area contributed by atoms with Crippen molar-refractivity contribution in [3.8, 4) is 0 Å². The van der Waals surface area contributed by atoms with E-state index in [1.165, 1.54) is 0 Å². The molecule has 0 fully saturated rings. The third-order valence-corrected chi connectivity index (χ3v) is 2.50. The predicted molar refractivity (Wildman–Crippen MR) is 54.6 cm³/mol. The number of halogens is 6. The molecule has 102 valence electrons. The van der Waals surface area contributed by atoms with Gasteiger partial charge in [0.2, 0.25) is 0 Å². The van der Waals surface area contributed by atoms with Crippen molar-refractivity contribution in [1.82, 2.24) is 4.98 Å². The molecule has 0 aliphatic heterocycles. The summed E-state index contributed by atoms with van der Waals surface area (Å²) in [6.07, 6.45) is -9.01. The van der Waals surface area contributed by atoms with Crippen molar-refractivity contribution in [1.29, 1.82) is 0 Å². The van der Waals surface area contributed by atoms with Gasteiger partial charge in [0.05, 0.1) is 16.6 Å². The van der Waals surface area contributed by atoms with Gasteiger partial charge in [0, 0.05) is 17.6 Å². The molecule has 2 rings (SSSR count). The number of fused-ring (bicyclic) bond motifs is 1. The molecule has 0 saturated carbocycles. The Labute approximate surface area is 101 Å². The Bertz CT molecular complexity index is 682.